The van der Waals surface area contributed by atoms with Crippen molar-refractivity contribution in [2.75, 3.05) is 13.7 Å². The van der Waals surface area contributed by atoms with Crippen LogP contribution >= 0.6 is 0 Å². The normalized spacial score (nSPS) is 25.1. The molecule has 0 saturated carbocycles. The lowest BCUT2D eigenvalue weighted by atomic mass is 9.93. The first-order chi connectivity index (χ1) is 6.99. The van der Waals surface area contributed by atoms with Gasteiger partial charge >= 0.3 is 5.97 Å². The van der Waals surface area contributed by atoms with E-state index in [9.17, 15) is 9.59 Å². The number of nitrogens with zero attached hydrogens (tertiary/aromatic N) is 1. The summed E-state index contributed by atoms with van der Waals surface area (Å²) in [4.78, 5) is 24.3. The van der Waals surface area contributed by atoms with Crippen LogP contribution in [-0.2, 0) is 14.3 Å². The molecule has 1 rings (SSSR count). The molecule has 3 unspecified atom stereocenters. The van der Waals surface area contributed by atoms with Gasteiger partial charge in [0.2, 0.25) is 5.91 Å². The van der Waals surface area contributed by atoms with Crippen molar-refractivity contribution in [3.05, 3.63) is 0 Å². The maximum absolute atomic E-state index is 11.3. The Morgan fingerprint density at radius 1 is 1.47 bits per heavy atom. The van der Waals surface area contributed by atoms with Gasteiger partial charge in [-0.25, -0.2) is 0 Å². The van der Waals surface area contributed by atoms with E-state index >= 15 is 0 Å². The number of methoxy groups -OCH3 is 1. The van der Waals surface area contributed by atoms with Gasteiger partial charge in [0.1, 0.15) is 0 Å². The maximum Gasteiger partial charge on any atom is 0.309 e. The molecule has 1 heterocycles. The molecule has 1 fully saturated rings. The first kappa shape index (κ1) is 12.0. The van der Waals surface area contributed by atoms with Gasteiger partial charge < -0.3 is 10.5 Å². The Kier molecular flexibility index (Phi) is 3.68. The van der Waals surface area contributed by atoms with Crippen molar-refractivity contribution in [1.82, 2.24) is 4.90 Å². The zero-order chi connectivity index (χ0) is 11.6. The second kappa shape index (κ2) is 4.61. The molecule has 0 spiro atoms. The van der Waals surface area contributed by atoms with E-state index in [2.05, 4.69) is 4.74 Å². The van der Waals surface area contributed by atoms with Crippen molar-refractivity contribution in [1.29, 1.82) is 0 Å². The number of ether oxygens (including phenoxy) is 1. The number of amides is 1. The molecule has 0 bridgehead atoms. The predicted octanol–water partition coefficient (Wildman–Crippen LogP) is -0.256. The number of likely N-dealkylation sites (tertiary alicyclic amines) is 1. The number of hydrogen-bond acceptors (Lipinski definition) is 4. The fourth-order valence-electron chi connectivity index (χ4n) is 1.87. The molecule has 2 N–H and O–H groups in total. The summed E-state index contributed by atoms with van der Waals surface area (Å²) < 4.78 is 4.67. The Balaban J connectivity index is 2.57. The molecule has 0 aromatic rings. The summed E-state index contributed by atoms with van der Waals surface area (Å²) >= 11 is 0. The Hall–Kier alpha value is -1.10. The average Bonchev–Trinajstić information content (AvgIpc) is 2.12. The largest absolute Gasteiger partial charge is 0.469 e. The first-order valence-electron chi connectivity index (χ1n) is 5.12. The summed E-state index contributed by atoms with van der Waals surface area (Å²) in [5.74, 6) is -0.806. The molecule has 5 nitrogen and oxygen atoms in total. The molecular weight excluding hydrogens is 196 g/mol. The zero-order valence-corrected chi connectivity index (χ0v) is 9.40. The lowest BCUT2D eigenvalue weighted by Gasteiger charge is -2.44. The molecule has 1 amide bonds. The maximum atomic E-state index is 11.3. The number of nitrogens with two attached hydrogens (primary N) is 1. The molecule has 0 aromatic heterocycles. The molecule has 5 heteroatoms. The standard InChI is InChI=1S/C10H18N2O3/c1-6(10(14)15-3)7(2)12-5-4-8(12)9(11)13/h6-8H,4-5H2,1-3H3,(H2,11,13). The van der Waals surface area contributed by atoms with Gasteiger partial charge in [-0.1, -0.05) is 6.92 Å². The van der Waals surface area contributed by atoms with E-state index in [0.717, 1.165) is 13.0 Å². The highest BCUT2D eigenvalue weighted by molar-refractivity contribution is 5.81. The van der Waals surface area contributed by atoms with Crippen LogP contribution in [0.1, 0.15) is 20.3 Å². The minimum Gasteiger partial charge on any atom is -0.469 e. The third kappa shape index (κ3) is 2.28. The second-order valence-electron chi connectivity index (χ2n) is 4.00. The summed E-state index contributed by atoms with van der Waals surface area (Å²) in [6.07, 6.45) is 0.785. The Labute approximate surface area is 89.6 Å². The molecule has 1 saturated heterocycles. The number of hydrogen-bond donors (Lipinski definition) is 1. The molecule has 3 atom stereocenters. The van der Waals surface area contributed by atoms with Crippen LogP contribution in [0.3, 0.4) is 0 Å². The summed E-state index contributed by atoms with van der Waals surface area (Å²) in [7, 11) is 1.37. The lowest BCUT2D eigenvalue weighted by Crippen LogP contribution is -2.60. The van der Waals surface area contributed by atoms with E-state index in [-0.39, 0.29) is 29.9 Å². The van der Waals surface area contributed by atoms with Gasteiger partial charge in [-0.2, -0.15) is 0 Å². The van der Waals surface area contributed by atoms with Crippen LogP contribution in [0.5, 0.6) is 0 Å². The number of rotatable bonds is 4. The molecular formula is C10H18N2O3. The third-order valence-electron chi connectivity index (χ3n) is 3.21. The van der Waals surface area contributed by atoms with Crippen LogP contribution in [0.2, 0.25) is 0 Å². The van der Waals surface area contributed by atoms with Crippen molar-refractivity contribution in [3.8, 4) is 0 Å². The zero-order valence-electron chi connectivity index (χ0n) is 9.40. The summed E-state index contributed by atoms with van der Waals surface area (Å²) in [5, 5.41) is 0. The molecule has 1 aliphatic heterocycles. The number of carbonyl (C=O) groups is 2. The highest BCUT2D eigenvalue weighted by atomic mass is 16.5. The number of carbonyl (C=O) groups excluding carboxylic acids is 2. The number of primary amides is 1. The fraction of sp³-hybridized carbons (Fsp3) is 0.800. The topological polar surface area (TPSA) is 72.6 Å². The molecule has 0 aliphatic carbocycles. The summed E-state index contributed by atoms with van der Waals surface area (Å²) in [6, 6.07) is -0.226. The molecule has 15 heavy (non-hydrogen) atoms. The van der Waals surface area contributed by atoms with Gasteiger partial charge in [-0.05, 0) is 13.3 Å². The van der Waals surface area contributed by atoms with Gasteiger partial charge in [-0.3, -0.25) is 14.5 Å². The highest BCUT2D eigenvalue weighted by Crippen LogP contribution is 2.24. The average molecular weight is 214 g/mol. The molecule has 1 aliphatic rings. The van der Waals surface area contributed by atoms with Crippen LogP contribution < -0.4 is 5.73 Å². The first-order valence-corrected chi connectivity index (χ1v) is 5.12. The second-order valence-corrected chi connectivity index (χ2v) is 4.00. The van der Waals surface area contributed by atoms with Gasteiger partial charge in [0.25, 0.3) is 0 Å². The Bertz CT molecular complexity index is 267. The quantitative estimate of drug-likeness (QED) is 0.655. The van der Waals surface area contributed by atoms with Crippen LogP contribution in [0, 0.1) is 5.92 Å². The Morgan fingerprint density at radius 3 is 2.40 bits per heavy atom. The van der Waals surface area contributed by atoms with E-state index in [0.29, 0.717) is 0 Å². The molecule has 0 aromatic carbocycles. The number of esters is 1. The van der Waals surface area contributed by atoms with Crippen molar-refractivity contribution in [2.24, 2.45) is 11.7 Å². The van der Waals surface area contributed by atoms with E-state index in [1.54, 1.807) is 6.92 Å². The van der Waals surface area contributed by atoms with E-state index in [1.807, 2.05) is 11.8 Å². The summed E-state index contributed by atoms with van der Waals surface area (Å²) in [5.41, 5.74) is 5.24. The van der Waals surface area contributed by atoms with Gasteiger partial charge in [0.05, 0.1) is 19.1 Å². The smallest absolute Gasteiger partial charge is 0.309 e. The molecule has 86 valence electrons. The van der Waals surface area contributed by atoms with Crippen LogP contribution in [-0.4, -0.2) is 42.5 Å². The van der Waals surface area contributed by atoms with Crippen LogP contribution in [0.4, 0.5) is 0 Å². The van der Waals surface area contributed by atoms with E-state index in [1.165, 1.54) is 7.11 Å². The Morgan fingerprint density at radius 2 is 2.07 bits per heavy atom. The lowest BCUT2D eigenvalue weighted by molar-refractivity contribution is -0.150. The van der Waals surface area contributed by atoms with Crippen LogP contribution in [0.15, 0.2) is 0 Å². The van der Waals surface area contributed by atoms with Crippen molar-refractivity contribution < 1.29 is 14.3 Å². The van der Waals surface area contributed by atoms with Crippen molar-refractivity contribution >= 4 is 11.9 Å². The van der Waals surface area contributed by atoms with Gasteiger partial charge in [0.15, 0.2) is 0 Å². The van der Waals surface area contributed by atoms with Crippen molar-refractivity contribution in [3.63, 3.8) is 0 Å². The van der Waals surface area contributed by atoms with Crippen LogP contribution in [0.25, 0.3) is 0 Å². The van der Waals surface area contributed by atoms with E-state index < -0.39 is 0 Å². The van der Waals surface area contributed by atoms with Gasteiger partial charge in [0, 0.05) is 12.6 Å². The minimum atomic E-state index is -0.315. The summed E-state index contributed by atoms with van der Waals surface area (Å²) in [6.45, 7) is 4.53. The highest BCUT2D eigenvalue weighted by Gasteiger charge is 2.39. The predicted molar refractivity (Wildman–Crippen MR) is 54.9 cm³/mol. The minimum absolute atomic E-state index is 0.0105. The fourth-order valence-corrected chi connectivity index (χ4v) is 1.87. The van der Waals surface area contributed by atoms with Gasteiger partial charge in [-0.15, -0.1) is 0 Å². The van der Waals surface area contributed by atoms with E-state index in [4.69, 9.17) is 5.73 Å². The SMILES string of the molecule is COC(=O)C(C)C(C)N1CCC1C(N)=O. The molecule has 0 radical (unpaired) electrons. The monoisotopic (exact) mass is 214 g/mol. The van der Waals surface area contributed by atoms with Crippen molar-refractivity contribution in [2.45, 2.75) is 32.4 Å². The third-order valence-corrected chi connectivity index (χ3v) is 3.21.